The van der Waals surface area contributed by atoms with Crippen molar-refractivity contribution in [3.05, 3.63) is 46.0 Å². The Kier molecular flexibility index (Phi) is 3.97. The van der Waals surface area contributed by atoms with E-state index in [-0.39, 0.29) is 12.2 Å². The summed E-state index contributed by atoms with van der Waals surface area (Å²) < 4.78 is 10.6. The molecule has 0 aromatic heterocycles. The maximum atomic E-state index is 11.7. The largest absolute Gasteiger partial charge is 0.481 e. The second-order valence-corrected chi connectivity index (χ2v) is 6.03. The molecule has 0 radical (unpaired) electrons. The van der Waals surface area contributed by atoms with E-state index in [2.05, 4.69) is 0 Å². The standard InChI is InChI=1S/C15H14Cl2O4/c16-11-3-1-9(7-12(11)17)15(14(18)19)8-10(15)2-4-13-20-5-6-21-13/h1-4,7,10,13H,5-6,8H2,(H,18,19)/b4-2+/t10-,15-/m1/s1. The number of hydrogen-bond donors (Lipinski definition) is 1. The Balaban J connectivity index is 1.82. The van der Waals surface area contributed by atoms with Crippen LogP contribution in [0.3, 0.4) is 0 Å². The summed E-state index contributed by atoms with van der Waals surface area (Å²) in [6.07, 6.45) is 3.79. The molecule has 3 rings (SSSR count). The Morgan fingerprint density at radius 1 is 1.24 bits per heavy atom. The SMILES string of the molecule is O=C(O)[C@@]1(c2ccc(Cl)c(Cl)c2)C[C@H]1/C=C/C1OCCO1. The second-order valence-electron chi connectivity index (χ2n) is 5.21. The summed E-state index contributed by atoms with van der Waals surface area (Å²) in [4.78, 5) is 11.7. The normalized spacial score (nSPS) is 29.1. The predicted molar refractivity (Wildman–Crippen MR) is 78.7 cm³/mol. The number of halogens is 2. The van der Waals surface area contributed by atoms with E-state index >= 15 is 0 Å². The quantitative estimate of drug-likeness (QED) is 0.862. The summed E-state index contributed by atoms with van der Waals surface area (Å²) in [5, 5.41) is 10.4. The maximum Gasteiger partial charge on any atom is 0.314 e. The number of carboxylic acid groups (broad SMARTS) is 1. The van der Waals surface area contributed by atoms with Gasteiger partial charge in [0.05, 0.1) is 28.7 Å². The van der Waals surface area contributed by atoms with Crippen LogP contribution in [0, 0.1) is 5.92 Å². The molecule has 21 heavy (non-hydrogen) atoms. The van der Waals surface area contributed by atoms with E-state index in [4.69, 9.17) is 32.7 Å². The molecule has 1 heterocycles. The molecule has 1 saturated carbocycles. The highest BCUT2D eigenvalue weighted by Crippen LogP contribution is 2.56. The molecule has 0 spiro atoms. The van der Waals surface area contributed by atoms with Crippen LogP contribution < -0.4 is 0 Å². The van der Waals surface area contributed by atoms with Gasteiger partial charge in [-0.2, -0.15) is 0 Å². The van der Waals surface area contributed by atoms with Crippen molar-refractivity contribution in [3.63, 3.8) is 0 Å². The minimum atomic E-state index is -0.927. The van der Waals surface area contributed by atoms with Crippen molar-refractivity contribution in [1.82, 2.24) is 0 Å². The van der Waals surface area contributed by atoms with Crippen LogP contribution in [-0.2, 0) is 19.7 Å². The number of rotatable bonds is 4. The average molecular weight is 329 g/mol. The molecule has 1 aliphatic heterocycles. The molecular formula is C15H14Cl2O4. The molecule has 1 aromatic carbocycles. The minimum absolute atomic E-state index is 0.0972. The second kappa shape index (κ2) is 5.61. The summed E-state index contributed by atoms with van der Waals surface area (Å²) in [6.45, 7) is 1.13. The van der Waals surface area contributed by atoms with Gasteiger partial charge in [-0.05, 0) is 36.1 Å². The van der Waals surface area contributed by atoms with Crippen LogP contribution in [0.4, 0.5) is 0 Å². The van der Waals surface area contributed by atoms with Gasteiger partial charge in [-0.1, -0.05) is 35.3 Å². The lowest BCUT2D eigenvalue weighted by molar-refractivity contribution is -0.140. The van der Waals surface area contributed by atoms with Gasteiger partial charge in [0.2, 0.25) is 0 Å². The number of allylic oxidation sites excluding steroid dienone is 1. The van der Waals surface area contributed by atoms with Gasteiger partial charge in [-0.3, -0.25) is 4.79 Å². The van der Waals surface area contributed by atoms with Crippen molar-refractivity contribution in [1.29, 1.82) is 0 Å². The van der Waals surface area contributed by atoms with Gasteiger partial charge in [0, 0.05) is 0 Å². The third-order valence-corrected chi connectivity index (χ3v) is 4.72. The summed E-state index contributed by atoms with van der Waals surface area (Å²) in [5.74, 6) is -0.955. The molecule has 2 aliphatic rings. The number of carboxylic acids is 1. The zero-order chi connectivity index (χ0) is 15.0. The van der Waals surface area contributed by atoms with Crippen LogP contribution in [0.2, 0.25) is 10.0 Å². The number of carbonyl (C=O) groups is 1. The van der Waals surface area contributed by atoms with Gasteiger partial charge in [0.15, 0.2) is 6.29 Å². The van der Waals surface area contributed by atoms with Crippen LogP contribution in [0.1, 0.15) is 12.0 Å². The Hall–Kier alpha value is -1.07. The maximum absolute atomic E-state index is 11.7. The fourth-order valence-electron chi connectivity index (χ4n) is 2.71. The van der Waals surface area contributed by atoms with Gasteiger partial charge in [-0.15, -0.1) is 0 Å². The number of aliphatic carboxylic acids is 1. The van der Waals surface area contributed by atoms with Gasteiger partial charge < -0.3 is 14.6 Å². The molecule has 0 unspecified atom stereocenters. The van der Waals surface area contributed by atoms with Gasteiger partial charge >= 0.3 is 5.97 Å². The molecular weight excluding hydrogens is 315 g/mol. The van der Waals surface area contributed by atoms with E-state index in [1.807, 2.05) is 6.08 Å². The molecule has 4 nitrogen and oxygen atoms in total. The summed E-state index contributed by atoms with van der Waals surface area (Å²) >= 11 is 11.9. The van der Waals surface area contributed by atoms with E-state index in [9.17, 15) is 9.90 Å². The molecule has 6 heteroatoms. The first-order chi connectivity index (χ1) is 10.0. The van der Waals surface area contributed by atoms with Crippen LogP contribution in [0.5, 0.6) is 0 Å². The summed E-state index contributed by atoms with van der Waals surface area (Å²) in [5.41, 5.74) is -0.254. The number of ether oxygens (including phenoxy) is 2. The molecule has 1 N–H and O–H groups in total. The Morgan fingerprint density at radius 3 is 2.57 bits per heavy atom. The van der Waals surface area contributed by atoms with E-state index in [1.54, 1.807) is 24.3 Å². The van der Waals surface area contributed by atoms with Crippen LogP contribution >= 0.6 is 23.2 Å². The minimum Gasteiger partial charge on any atom is -0.481 e. The fraction of sp³-hybridized carbons (Fsp3) is 0.400. The molecule has 0 bridgehead atoms. The highest BCUT2D eigenvalue weighted by atomic mass is 35.5. The average Bonchev–Trinajstić information content (AvgIpc) is 2.96. The van der Waals surface area contributed by atoms with Gasteiger partial charge in [-0.25, -0.2) is 0 Å². The molecule has 112 valence electrons. The van der Waals surface area contributed by atoms with Crippen molar-refractivity contribution in [2.75, 3.05) is 13.2 Å². The fourth-order valence-corrected chi connectivity index (χ4v) is 3.01. The first-order valence-corrected chi connectivity index (χ1v) is 7.40. The molecule has 1 aliphatic carbocycles. The topological polar surface area (TPSA) is 55.8 Å². The molecule has 2 atom stereocenters. The van der Waals surface area contributed by atoms with Crippen molar-refractivity contribution >= 4 is 29.2 Å². The molecule has 1 aromatic rings. The van der Waals surface area contributed by atoms with Crippen molar-refractivity contribution in [2.45, 2.75) is 18.1 Å². The van der Waals surface area contributed by atoms with E-state index in [1.165, 1.54) is 0 Å². The number of benzene rings is 1. The molecule has 0 amide bonds. The zero-order valence-electron chi connectivity index (χ0n) is 11.1. The molecule has 2 fully saturated rings. The Labute approximate surface area is 132 Å². The molecule has 1 saturated heterocycles. The smallest absolute Gasteiger partial charge is 0.314 e. The first-order valence-electron chi connectivity index (χ1n) is 6.64. The highest BCUT2D eigenvalue weighted by Gasteiger charge is 2.60. The van der Waals surface area contributed by atoms with Crippen molar-refractivity contribution in [2.24, 2.45) is 5.92 Å². The van der Waals surface area contributed by atoms with E-state index in [0.717, 1.165) is 0 Å². The van der Waals surface area contributed by atoms with E-state index in [0.29, 0.717) is 35.2 Å². The lowest BCUT2D eigenvalue weighted by Crippen LogP contribution is -2.22. The van der Waals surface area contributed by atoms with E-state index < -0.39 is 11.4 Å². The third kappa shape index (κ3) is 2.69. The summed E-state index contributed by atoms with van der Waals surface area (Å²) in [7, 11) is 0. The number of hydrogen-bond acceptors (Lipinski definition) is 3. The Bertz CT molecular complexity index is 595. The lowest BCUT2D eigenvalue weighted by atomic mass is 9.93. The predicted octanol–water partition coefficient (Wildman–Crippen LogP) is 3.26. The Morgan fingerprint density at radius 2 is 1.95 bits per heavy atom. The lowest BCUT2D eigenvalue weighted by Gasteiger charge is -2.13. The zero-order valence-corrected chi connectivity index (χ0v) is 12.6. The first kappa shape index (κ1) is 14.9. The van der Waals surface area contributed by atoms with Crippen LogP contribution in [0.15, 0.2) is 30.4 Å². The third-order valence-electron chi connectivity index (χ3n) is 3.98. The van der Waals surface area contributed by atoms with Crippen molar-refractivity contribution in [3.8, 4) is 0 Å². The van der Waals surface area contributed by atoms with Gasteiger partial charge in [0.1, 0.15) is 0 Å². The van der Waals surface area contributed by atoms with Crippen molar-refractivity contribution < 1.29 is 19.4 Å². The van der Waals surface area contributed by atoms with Gasteiger partial charge in [0.25, 0.3) is 0 Å². The summed E-state index contributed by atoms with van der Waals surface area (Å²) in [6, 6.07) is 4.99. The highest BCUT2D eigenvalue weighted by molar-refractivity contribution is 6.42. The van der Waals surface area contributed by atoms with Crippen LogP contribution in [-0.4, -0.2) is 30.6 Å². The van der Waals surface area contributed by atoms with Crippen LogP contribution in [0.25, 0.3) is 0 Å². The monoisotopic (exact) mass is 328 g/mol.